The Bertz CT molecular complexity index is 654. The molecule has 0 heterocycles. The molecular weight excluding hydrogens is 280 g/mol. The predicted molar refractivity (Wildman–Crippen MR) is 85.4 cm³/mol. The molecule has 2 rings (SSSR count). The lowest BCUT2D eigenvalue weighted by Crippen LogP contribution is -2.24. The van der Waals surface area contributed by atoms with Gasteiger partial charge < -0.3 is 9.47 Å². The van der Waals surface area contributed by atoms with Gasteiger partial charge in [-0.1, -0.05) is 18.2 Å². The van der Waals surface area contributed by atoms with Gasteiger partial charge in [0.1, 0.15) is 11.5 Å². The molecule has 0 aliphatic carbocycles. The van der Waals surface area contributed by atoms with Crippen molar-refractivity contribution in [2.75, 3.05) is 13.7 Å². The van der Waals surface area contributed by atoms with Gasteiger partial charge in [-0.3, -0.25) is 4.79 Å². The standard InChI is InChI=1S/C17H18N2O3/c1-13-10-14(8-9-16(13)21-2)11-18-19-17(20)12-22-15-6-4-3-5-7-15/h3-11H,12H2,1-2H3,(H,19,20)/b18-11+. The zero-order valence-corrected chi connectivity index (χ0v) is 12.6. The summed E-state index contributed by atoms with van der Waals surface area (Å²) in [6.45, 7) is 1.87. The number of nitrogens with zero attached hydrogens (tertiary/aromatic N) is 1. The second kappa shape index (κ2) is 7.83. The summed E-state index contributed by atoms with van der Waals surface area (Å²) >= 11 is 0. The highest BCUT2D eigenvalue weighted by Crippen LogP contribution is 2.17. The minimum absolute atomic E-state index is 0.0804. The van der Waals surface area contributed by atoms with Gasteiger partial charge in [-0.25, -0.2) is 5.43 Å². The number of carbonyl (C=O) groups is 1. The molecule has 0 atom stereocenters. The number of hydrazone groups is 1. The number of hydrogen-bond donors (Lipinski definition) is 1. The fraction of sp³-hybridized carbons (Fsp3) is 0.176. The van der Waals surface area contributed by atoms with E-state index in [2.05, 4.69) is 10.5 Å². The number of para-hydroxylation sites is 1. The van der Waals surface area contributed by atoms with Crippen LogP contribution in [0.1, 0.15) is 11.1 Å². The Hall–Kier alpha value is -2.82. The van der Waals surface area contributed by atoms with E-state index in [-0.39, 0.29) is 12.5 Å². The van der Waals surface area contributed by atoms with Gasteiger partial charge in [0.25, 0.3) is 5.91 Å². The summed E-state index contributed by atoms with van der Waals surface area (Å²) in [6.07, 6.45) is 1.58. The number of rotatable bonds is 6. The Morgan fingerprint density at radius 1 is 1.23 bits per heavy atom. The summed E-state index contributed by atoms with van der Waals surface area (Å²) in [5.74, 6) is 1.15. The molecule has 2 aromatic carbocycles. The van der Waals surface area contributed by atoms with E-state index in [0.717, 1.165) is 16.9 Å². The molecule has 5 nitrogen and oxygen atoms in total. The second-order valence-corrected chi connectivity index (χ2v) is 4.62. The first-order valence-electron chi connectivity index (χ1n) is 6.83. The highest BCUT2D eigenvalue weighted by molar-refractivity contribution is 5.83. The fourth-order valence-electron chi connectivity index (χ4n) is 1.86. The van der Waals surface area contributed by atoms with Crippen LogP contribution in [-0.4, -0.2) is 25.8 Å². The highest BCUT2D eigenvalue weighted by atomic mass is 16.5. The minimum atomic E-state index is -0.315. The summed E-state index contributed by atoms with van der Waals surface area (Å²) in [6, 6.07) is 14.8. The number of ether oxygens (including phenoxy) is 2. The lowest BCUT2D eigenvalue weighted by molar-refractivity contribution is -0.123. The first kappa shape index (κ1) is 15.6. The molecule has 0 bridgehead atoms. The molecule has 0 radical (unpaired) electrons. The molecule has 22 heavy (non-hydrogen) atoms. The van der Waals surface area contributed by atoms with Crippen molar-refractivity contribution >= 4 is 12.1 Å². The Morgan fingerprint density at radius 3 is 2.68 bits per heavy atom. The Morgan fingerprint density at radius 2 is 2.00 bits per heavy atom. The average Bonchev–Trinajstić information content (AvgIpc) is 2.54. The first-order valence-corrected chi connectivity index (χ1v) is 6.83. The summed E-state index contributed by atoms with van der Waals surface area (Å²) in [7, 11) is 1.63. The minimum Gasteiger partial charge on any atom is -0.496 e. The van der Waals surface area contributed by atoms with Crippen LogP contribution >= 0.6 is 0 Å². The Labute approximate surface area is 129 Å². The maximum atomic E-state index is 11.6. The SMILES string of the molecule is COc1ccc(/C=N/NC(=O)COc2ccccc2)cc1C. The predicted octanol–water partition coefficient (Wildman–Crippen LogP) is 2.53. The van der Waals surface area contributed by atoms with E-state index in [1.54, 1.807) is 25.5 Å². The van der Waals surface area contributed by atoms with Crippen molar-refractivity contribution in [3.05, 3.63) is 59.7 Å². The van der Waals surface area contributed by atoms with Crippen LogP contribution in [0.2, 0.25) is 0 Å². The van der Waals surface area contributed by atoms with Gasteiger partial charge in [-0.2, -0.15) is 5.10 Å². The second-order valence-electron chi connectivity index (χ2n) is 4.62. The monoisotopic (exact) mass is 298 g/mol. The molecule has 0 spiro atoms. The largest absolute Gasteiger partial charge is 0.496 e. The summed E-state index contributed by atoms with van der Waals surface area (Å²) in [5.41, 5.74) is 4.31. The van der Waals surface area contributed by atoms with E-state index in [1.807, 2.05) is 43.3 Å². The number of nitrogens with one attached hydrogen (secondary N) is 1. The number of amides is 1. The van der Waals surface area contributed by atoms with Crippen LogP contribution in [0.4, 0.5) is 0 Å². The molecule has 0 fully saturated rings. The third-order valence-electron chi connectivity index (χ3n) is 2.93. The molecule has 1 N–H and O–H groups in total. The topological polar surface area (TPSA) is 59.9 Å². The number of methoxy groups -OCH3 is 1. The van der Waals surface area contributed by atoms with Gasteiger partial charge in [0.15, 0.2) is 6.61 Å². The van der Waals surface area contributed by atoms with Gasteiger partial charge in [-0.05, 0) is 48.4 Å². The van der Waals surface area contributed by atoms with Crippen LogP contribution in [0, 0.1) is 6.92 Å². The van der Waals surface area contributed by atoms with Crippen LogP contribution in [-0.2, 0) is 4.79 Å². The quantitative estimate of drug-likeness (QED) is 0.658. The van der Waals surface area contributed by atoms with Crippen LogP contribution in [0.15, 0.2) is 53.6 Å². The van der Waals surface area contributed by atoms with E-state index in [1.165, 1.54) is 0 Å². The van der Waals surface area contributed by atoms with Crippen molar-refractivity contribution in [1.82, 2.24) is 5.43 Å². The summed E-state index contributed by atoms with van der Waals surface area (Å²) < 4.78 is 10.5. The zero-order chi connectivity index (χ0) is 15.8. The molecule has 1 amide bonds. The third kappa shape index (κ3) is 4.63. The van der Waals surface area contributed by atoms with Crippen molar-refractivity contribution in [2.24, 2.45) is 5.10 Å². The molecule has 0 saturated heterocycles. The molecule has 0 saturated carbocycles. The average molecular weight is 298 g/mol. The molecule has 0 aromatic heterocycles. The summed E-state index contributed by atoms with van der Waals surface area (Å²) in [4.78, 5) is 11.6. The molecule has 0 unspecified atom stereocenters. The third-order valence-corrected chi connectivity index (χ3v) is 2.93. The molecule has 5 heteroatoms. The van der Waals surface area contributed by atoms with Crippen molar-refractivity contribution in [3.63, 3.8) is 0 Å². The van der Waals surface area contributed by atoms with Gasteiger partial charge in [0, 0.05) is 0 Å². The van der Waals surface area contributed by atoms with Gasteiger partial charge in [-0.15, -0.1) is 0 Å². The summed E-state index contributed by atoms with van der Waals surface area (Å²) in [5, 5.41) is 3.91. The van der Waals surface area contributed by atoms with Crippen molar-refractivity contribution in [2.45, 2.75) is 6.92 Å². The van der Waals surface area contributed by atoms with Crippen LogP contribution < -0.4 is 14.9 Å². The molecule has 114 valence electrons. The number of carbonyl (C=O) groups excluding carboxylic acids is 1. The molecule has 2 aromatic rings. The zero-order valence-electron chi connectivity index (χ0n) is 12.6. The maximum Gasteiger partial charge on any atom is 0.277 e. The van der Waals surface area contributed by atoms with E-state index in [0.29, 0.717) is 5.75 Å². The molecule has 0 aliphatic rings. The van der Waals surface area contributed by atoms with E-state index in [9.17, 15) is 4.79 Å². The smallest absolute Gasteiger partial charge is 0.277 e. The van der Waals surface area contributed by atoms with E-state index in [4.69, 9.17) is 9.47 Å². The van der Waals surface area contributed by atoms with Crippen molar-refractivity contribution in [3.8, 4) is 11.5 Å². The van der Waals surface area contributed by atoms with E-state index >= 15 is 0 Å². The lowest BCUT2D eigenvalue weighted by Gasteiger charge is -2.05. The van der Waals surface area contributed by atoms with Crippen LogP contribution in [0.3, 0.4) is 0 Å². The normalized spacial score (nSPS) is 10.5. The number of benzene rings is 2. The fourth-order valence-corrected chi connectivity index (χ4v) is 1.86. The van der Waals surface area contributed by atoms with Gasteiger partial charge in [0.05, 0.1) is 13.3 Å². The van der Waals surface area contributed by atoms with Gasteiger partial charge >= 0.3 is 0 Å². The lowest BCUT2D eigenvalue weighted by atomic mass is 10.1. The molecular formula is C17H18N2O3. The Balaban J connectivity index is 1.81. The first-order chi connectivity index (χ1) is 10.7. The number of aryl methyl sites for hydroxylation is 1. The number of hydrogen-bond acceptors (Lipinski definition) is 4. The highest BCUT2D eigenvalue weighted by Gasteiger charge is 2.01. The molecule has 0 aliphatic heterocycles. The van der Waals surface area contributed by atoms with Crippen LogP contribution in [0.5, 0.6) is 11.5 Å². The van der Waals surface area contributed by atoms with Crippen molar-refractivity contribution in [1.29, 1.82) is 0 Å². The van der Waals surface area contributed by atoms with E-state index < -0.39 is 0 Å². The van der Waals surface area contributed by atoms with Crippen LogP contribution in [0.25, 0.3) is 0 Å². The Kier molecular flexibility index (Phi) is 5.54. The van der Waals surface area contributed by atoms with Crippen molar-refractivity contribution < 1.29 is 14.3 Å². The van der Waals surface area contributed by atoms with Gasteiger partial charge in [0.2, 0.25) is 0 Å². The maximum absolute atomic E-state index is 11.6.